The molecule has 1 aromatic rings. The number of carbonyl (C=O) groups excluding carboxylic acids is 1. The van der Waals surface area contributed by atoms with Crippen molar-refractivity contribution in [2.24, 2.45) is 5.73 Å². The van der Waals surface area contributed by atoms with Gasteiger partial charge in [0, 0.05) is 5.54 Å². The Morgan fingerprint density at radius 3 is 2.35 bits per heavy atom. The molecule has 0 aliphatic rings. The van der Waals surface area contributed by atoms with E-state index >= 15 is 0 Å². The average molecular weight is 319 g/mol. The lowest BCUT2D eigenvalue weighted by Crippen LogP contribution is -2.44. The average Bonchev–Trinajstić information content (AvgIpc) is 2.52. The highest BCUT2D eigenvalue weighted by molar-refractivity contribution is 5.71. The van der Waals surface area contributed by atoms with E-state index in [1.165, 1.54) is 24.0 Å². The van der Waals surface area contributed by atoms with Crippen LogP contribution in [0.3, 0.4) is 0 Å². The second kappa shape index (κ2) is 10.4. The van der Waals surface area contributed by atoms with Crippen LogP contribution in [-0.4, -0.2) is 18.1 Å². The molecule has 0 fully saturated rings. The van der Waals surface area contributed by atoms with Crippen molar-refractivity contribution in [3.05, 3.63) is 35.4 Å². The summed E-state index contributed by atoms with van der Waals surface area (Å²) in [6.07, 6.45) is 7.45. The molecule has 0 saturated heterocycles. The van der Waals surface area contributed by atoms with Gasteiger partial charge in [-0.25, -0.2) is 0 Å². The van der Waals surface area contributed by atoms with Gasteiger partial charge in [-0.3, -0.25) is 4.79 Å². The summed E-state index contributed by atoms with van der Waals surface area (Å²) in [7, 11) is 0. The lowest BCUT2D eigenvalue weighted by atomic mass is 9.82. The van der Waals surface area contributed by atoms with Crippen molar-refractivity contribution in [3.8, 4) is 0 Å². The molecule has 0 aliphatic heterocycles. The molecule has 3 heteroatoms. The molecule has 0 amide bonds. The minimum Gasteiger partial charge on any atom is -0.466 e. The number of hydrogen-bond acceptors (Lipinski definition) is 3. The van der Waals surface area contributed by atoms with Crippen LogP contribution in [0.4, 0.5) is 0 Å². The number of carbonyl (C=O) groups is 1. The van der Waals surface area contributed by atoms with Gasteiger partial charge in [0.1, 0.15) is 0 Å². The Kier molecular flexibility index (Phi) is 8.93. The van der Waals surface area contributed by atoms with Gasteiger partial charge in [-0.2, -0.15) is 0 Å². The van der Waals surface area contributed by atoms with E-state index in [9.17, 15) is 4.79 Å². The van der Waals surface area contributed by atoms with Gasteiger partial charge in [0.25, 0.3) is 0 Å². The molecule has 0 radical (unpaired) electrons. The largest absolute Gasteiger partial charge is 0.466 e. The molecular formula is C20H33NO2. The van der Waals surface area contributed by atoms with Crippen molar-refractivity contribution < 1.29 is 9.53 Å². The van der Waals surface area contributed by atoms with Crippen LogP contribution >= 0.6 is 0 Å². The Hall–Kier alpha value is -1.35. The molecule has 3 nitrogen and oxygen atoms in total. The zero-order chi connectivity index (χ0) is 17.1. The van der Waals surface area contributed by atoms with Gasteiger partial charge in [0.15, 0.2) is 0 Å². The van der Waals surface area contributed by atoms with Crippen LogP contribution in [0.25, 0.3) is 0 Å². The molecule has 1 atom stereocenters. The standard InChI is InChI=1S/C20H33NO2/c1-4-7-11-17-12-9-10-13-18(17)15-20(21,14-8-5-2)16-19(22)23-6-3/h9-10,12-13H,4-8,11,14-16,21H2,1-3H3. The maximum absolute atomic E-state index is 12.0. The minimum atomic E-state index is -0.509. The van der Waals surface area contributed by atoms with E-state index in [0.717, 1.165) is 32.1 Å². The fourth-order valence-corrected chi connectivity index (χ4v) is 2.99. The van der Waals surface area contributed by atoms with Crippen LogP contribution in [0.2, 0.25) is 0 Å². The van der Waals surface area contributed by atoms with Crippen LogP contribution in [0.15, 0.2) is 24.3 Å². The summed E-state index contributed by atoms with van der Waals surface area (Å²) in [5.74, 6) is -0.183. The van der Waals surface area contributed by atoms with Crippen LogP contribution in [0.1, 0.15) is 70.4 Å². The smallest absolute Gasteiger partial charge is 0.307 e. The fraction of sp³-hybridized carbons (Fsp3) is 0.650. The van der Waals surface area contributed by atoms with Crippen molar-refractivity contribution in [3.63, 3.8) is 0 Å². The monoisotopic (exact) mass is 319 g/mol. The maximum atomic E-state index is 12.0. The molecule has 0 spiro atoms. The quantitative estimate of drug-likeness (QED) is 0.615. The summed E-state index contributed by atoms with van der Waals surface area (Å²) in [4.78, 5) is 12.0. The molecule has 1 rings (SSSR count). The van der Waals surface area contributed by atoms with Gasteiger partial charge in [0.05, 0.1) is 13.0 Å². The van der Waals surface area contributed by atoms with Crippen molar-refractivity contribution in [2.75, 3.05) is 6.61 Å². The van der Waals surface area contributed by atoms with E-state index in [0.29, 0.717) is 13.0 Å². The Balaban J connectivity index is 2.89. The maximum Gasteiger partial charge on any atom is 0.307 e. The third-order valence-electron chi connectivity index (χ3n) is 4.29. The van der Waals surface area contributed by atoms with E-state index in [-0.39, 0.29) is 5.97 Å². The molecule has 1 unspecified atom stereocenters. The summed E-state index contributed by atoms with van der Waals surface area (Å²) in [5.41, 5.74) is 8.78. The van der Waals surface area contributed by atoms with E-state index < -0.39 is 5.54 Å². The predicted molar refractivity (Wildman–Crippen MR) is 96.5 cm³/mol. The SMILES string of the molecule is CCCCc1ccccc1CC(N)(CCCC)CC(=O)OCC. The molecule has 1 aromatic carbocycles. The van der Waals surface area contributed by atoms with Crippen LogP contribution in [-0.2, 0) is 22.4 Å². The third-order valence-corrected chi connectivity index (χ3v) is 4.29. The normalized spacial score (nSPS) is 13.6. The number of hydrogen-bond donors (Lipinski definition) is 1. The van der Waals surface area contributed by atoms with Gasteiger partial charge in [0.2, 0.25) is 0 Å². The Labute approximate surface area is 141 Å². The van der Waals surface area contributed by atoms with Crippen LogP contribution in [0, 0.1) is 0 Å². The van der Waals surface area contributed by atoms with E-state index in [2.05, 4.69) is 38.1 Å². The van der Waals surface area contributed by atoms with E-state index in [4.69, 9.17) is 10.5 Å². The molecule has 0 aromatic heterocycles. The first-order chi connectivity index (χ1) is 11.0. The second-order valence-electron chi connectivity index (χ2n) is 6.50. The summed E-state index contributed by atoms with van der Waals surface area (Å²) >= 11 is 0. The third kappa shape index (κ3) is 7.17. The topological polar surface area (TPSA) is 52.3 Å². The molecule has 23 heavy (non-hydrogen) atoms. The lowest BCUT2D eigenvalue weighted by Gasteiger charge is -2.30. The first kappa shape index (κ1) is 19.7. The van der Waals surface area contributed by atoms with Crippen molar-refractivity contribution in [1.29, 1.82) is 0 Å². The van der Waals surface area contributed by atoms with Crippen molar-refractivity contribution in [1.82, 2.24) is 0 Å². The zero-order valence-electron chi connectivity index (χ0n) is 15.1. The Bertz CT molecular complexity index is 472. The Morgan fingerprint density at radius 1 is 1.09 bits per heavy atom. The highest BCUT2D eigenvalue weighted by Gasteiger charge is 2.29. The molecular weight excluding hydrogens is 286 g/mol. The number of unbranched alkanes of at least 4 members (excludes halogenated alkanes) is 2. The van der Waals surface area contributed by atoms with Gasteiger partial charge in [-0.1, -0.05) is 57.4 Å². The molecule has 0 saturated carbocycles. The van der Waals surface area contributed by atoms with E-state index in [1.54, 1.807) is 0 Å². The summed E-state index contributed by atoms with van der Waals surface area (Å²) in [5, 5.41) is 0. The van der Waals surface area contributed by atoms with Crippen LogP contribution < -0.4 is 5.73 Å². The molecule has 0 aliphatic carbocycles. The molecule has 0 heterocycles. The zero-order valence-corrected chi connectivity index (χ0v) is 15.1. The first-order valence-electron chi connectivity index (χ1n) is 9.06. The number of ether oxygens (including phenoxy) is 1. The molecule has 2 N–H and O–H groups in total. The first-order valence-corrected chi connectivity index (χ1v) is 9.06. The number of nitrogens with two attached hydrogens (primary N) is 1. The van der Waals surface area contributed by atoms with Crippen LogP contribution in [0.5, 0.6) is 0 Å². The summed E-state index contributed by atoms with van der Waals surface area (Å²) < 4.78 is 5.13. The molecule has 0 bridgehead atoms. The van der Waals surface area contributed by atoms with Crippen molar-refractivity contribution in [2.45, 2.75) is 77.7 Å². The molecule has 130 valence electrons. The van der Waals surface area contributed by atoms with Gasteiger partial charge < -0.3 is 10.5 Å². The summed E-state index contributed by atoms with van der Waals surface area (Å²) in [6, 6.07) is 8.50. The fourth-order valence-electron chi connectivity index (χ4n) is 2.99. The highest BCUT2D eigenvalue weighted by Crippen LogP contribution is 2.25. The number of rotatable bonds is 11. The van der Waals surface area contributed by atoms with Gasteiger partial charge in [-0.05, 0) is 43.7 Å². The Morgan fingerprint density at radius 2 is 1.74 bits per heavy atom. The lowest BCUT2D eigenvalue weighted by molar-refractivity contribution is -0.144. The number of aryl methyl sites for hydroxylation is 1. The van der Waals surface area contributed by atoms with Gasteiger partial charge >= 0.3 is 5.97 Å². The minimum absolute atomic E-state index is 0.183. The predicted octanol–water partition coefficient (Wildman–Crippen LogP) is 4.41. The number of esters is 1. The highest BCUT2D eigenvalue weighted by atomic mass is 16.5. The number of benzene rings is 1. The van der Waals surface area contributed by atoms with E-state index in [1.807, 2.05) is 6.92 Å². The van der Waals surface area contributed by atoms with Crippen molar-refractivity contribution >= 4 is 5.97 Å². The second-order valence-corrected chi connectivity index (χ2v) is 6.50. The summed E-state index contributed by atoms with van der Waals surface area (Å²) in [6.45, 7) is 6.61. The van der Waals surface area contributed by atoms with Gasteiger partial charge in [-0.15, -0.1) is 0 Å².